The third-order valence-electron chi connectivity index (χ3n) is 2.48. The number of methoxy groups -OCH3 is 1. The fraction of sp³-hybridized carbons (Fsp3) is 1.00. The first kappa shape index (κ1) is 14.8. The van der Waals surface area contributed by atoms with E-state index in [0.717, 1.165) is 19.5 Å². The Labute approximate surface area is 93.6 Å². The fourth-order valence-electron chi connectivity index (χ4n) is 1.23. The molecule has 15 heavy (non-hydrogen) atoms. The highest BCUT2D eigenvalue weighted by atomic mass is 16.5. The van der Waals surface area contributed by atoms with Gasteiger partial charge >= 0.3 is 0 Å². The van der Waals surface area contributed by atoms with E-state index in [0.29, 0.717) is 19.2 Å². The van der Waals surface area contributed by atoms with Crippen molar-refractivity contribution in [2.45, 2.75) is 32.4 Å². The van der Waals surface area contributed by atoms with Crippen LogP contribution in [0.2, 0.25) is 0 Å². The Balaban J connectivity index is 3.24. The maximum Gasteiger partial charge on any atom is 0.0897 e. The predicted molar refractivity (Wildman–Crippen MR) is 63.1 cm³/mol. The van der Waals surface area contributed by atoms with Gasteiger partial charge in [-0.3, -0.25) is 0 Å². The molecule has 0 spiro atoms. The third-order valence-corrected chi connectivity index (χ3v) is 2.48. The van der Waals surface area contributed by atoms with Gasteiger partial charge in [-0.25, -0.2) is 0 Å². The molecule has 0 aliphatic carbocycles. The molecule has 0 radical (unpaired) electrons. The van der Waals surface area contributed by atoms with Crippen LogP contribution in [-0.4, -0.2) is 62.6 Å². The molecule has 1 unspecified atom stereocenters. The van der Waals surface area contributed by atoms with Gasteiger partial charge in [-0.1, -0.05) is 0 Å². The van der Waals surface area contributed by atoms with E-state index in [1.807, 2.05) is 0 Å². The molecule has 4 nitrogen and oxygen atoms in total. The zero-order valence-corrected chi connectivity index (χ0v) is 10.5. The first-order valence-electron chi connectivity index (χ1n) is 5.66. The summed E-state index contributed by atoms with van der Waals surface area (Å²) in [7, 11) is 3.73. The topological polar surface area (TPSA) is 44.7 Å². The monoisotopic (exact) mass is 218 g/mol. The van der Waals surface area contributed by atoms with Crippen LogP contribution in [0.25, 0.3) is 0 Å². The first-order chi connectivity index (χ1) is 7.07. The molecular formula is C11H26N2O2. The molecule has 0 aliphatic rings. The van der Waals surface area contributed by atoms with E-state index in [9.17, 15) is 5.11 Å². The highest BCUT2D eigenvalue weighted by Gasteiger charge is 2.03. The summed E-state index contributed by atoms with van der Waals surface area (Å²) in [4.78, 5) is 2.31. The molecule has 0 aliphatic heterocycles. The summed E-state index contributed by atoms with van der Waals surface area (Å²) < 4.78 is 4.83. The van der Waals surface area contributed by atoms with Crippen LogP contribution in [0.3, 0.4) is 0 Å². The molecule has 0 amide bonds. The number of nitrogens with one attached hydrogen (secondary N) is 1. The SMILES string of the molecule is COCC(O)CNCCCN(C)C(C)C. The normalized spacial score (nSPS) is 13.8. The molecule has 0 rings (SSSR count). The standard InChI is InChI=1S/C11H26N2O2/c1-10(2)13(3)7-5-6-12-8-11(14)9-15-4/h10-12,14H,5-9H2,1-4H3. The molecule has 0 aromatic carbocycles. The van der Waals surface area contributed by atoms with Crippen LogP contribution < -0.4 is 5.32 Å². The molecule has 4 heteroatoms. The summed E-state index contributed by atoms with van der Waals surface area (Å²) in [6.07, 6.45) is 0.715. The van der Waals surface area contributed by atoms with Crippen molar-refractivity contribution in [1.29, 1.82) is 0 Å². The van der Waals surface area contributed by atoms with Gasteiger partial charge < -0.3 is 20.1 Å². The van der Waals surface area contributed by atoms with Crippen molar-refractivity contribution < 1.29 is 9.84 Å². The van der Waals surface area contributed by atoms with Gasteiger partial charge in [-0.15, -0.1) is 0 Å². The minimum Gasteiger partial charge on any atom is -0.389 e. The van der Waals surface area contributed by atoms with E-state index in [4.69, 9.17) is 4.74 Å². The van der Waals surface area contributed by atoms with Gasteiger partial charge in [0.1, 0.15) is 0 Å². The van der Waals surface area contributed by atoms with Crippen molar-refractivity contribution >= 4 is 0 Å². The highest BCUT2D eigenvalue weighted by molar-refractivity contribution is 4.61. The number of nitrogens with zero attached hydrogens (tertiary/aromatic N) is 1. The molecule has 0 fully saturated rings. The van der Waals surface area contributed by atoms with Crippen LogP contribution in [0.15, 0.2) is 0 Å². The number of ether oxygens (including phenoxy) is 1. The van der Waals surface area contributed by atoms with Crippen molar-refractivity contribution in [3.8, 4) is 0 Å². The van der Waals surface area contributed by atoms with Crippen LogP contribution >= 0.6 is 0 Å². The van der Waals surface area contributed by atoms with Crippen LogP contribution in [0.4, 0.5) is 0 Å². The zero-order chi connectivity index (χ0) is 11.7. The Hall–Kier alpha value is -0.160. The molecule has 0 aromatic heterocycles. The van der Waals surface area contributed by atoms with Gasteiger partial charge in [-0.2, -0.15) is 0 Å². The summed E-state index contributed by atoms with van der Waals surface area (Å²) >= 11 is 0. The second kappa shape index (κ2) is 9.09. The largest absolute Gasteiger partial charge is 0.389 e. The van der Waals surface area contributed by atoms with Crippen molar-refractivity contribution in [3.63, 3.8) is 0 Å². The van der Waals surface area contributed by atoms with Gasteiger partial charge in [0.15, 0.2) is 0 Å². The quantitative estimate of drug-likeness (QED) is 0.547. The number of hydrogen-bond acceptors (Lipinski definition) is 4. The van der Waals surface area contributed by atoms with Crippen LogP contribution in [0.1, 0.15) is 20.3 Å². The third kappa shape index (κ3) is 8.81. The van der Waals surface area contributed by atoms with Crippen molar-refractivity contribution in [2.75, 3.05) is 40.4 Å². The summed E-state index contributed by atoms with van der Waals surface area (Å²) in [5.41, 5.74) is 0. The minimum absolute atomic E-state index is 0.391. The number of hydrogen-bond donors (Lipinski definition) is 2. The van der Waals surface area contributed by atoms with E-state index in [2.05, 4.69) is 31.1 Å². The van der Waals surface area contributed by atoms with E-state index in [1.54, 1.807) is 7.11 Å². The molecule has 0 bridgehead atoms. The fourth-order valence-corrected chi connectivity index (χ4v) is 1.23. The Morgan fingerprint density at radius 2 is 2.07 bits per heavy atom. The number of rotatable bonds is 9. The summed E-state index contributed by atoms with van der Waals surface area (Å²) in [5.74, 6) is 0. The molecule has 2 N–H and O–H groups in total. The van der Waals surface area contributed by atoms with Gasteiger partial charge in [0, 0.05) is 19.7 Å². The summed E-state index contributed by atoms with van der Waals surface area (Å²) in [6.45, 7) is 7.42. The summed E-state index contributed by atoms with van der Waals surface area (Å²) in [6, 6.07) is 0.601. The van der Waals surface area contributed by atoms with E-state index >= 15 is 0 Å². The lowest BCUT2D eigenvalue weighted by Gasteiger charge is -2.20. The molecule has 0 saturated carbocycles. The van der Waals surface area contributed by atoms with Crippen molar-refractivity contribution in [3.05, 3.63) is 0 Å². The Morgan fingerprint density at radius 3 is 2.60 bits per heavy atom. The smallest absolute Gasteiger partial charge is 0.0897 e. The van der Waals surface area contributed by atoms with E-state index < -0.39 is 6.10 Å². The summed E-state index contributed by atoms with van der Waals surface area (Å²) in [5, 5.41) is 12.6. The number of aliphatic hydroxyl groups is 1. The maximum absolute atomic E-state index is 9.35. The Kier molecular flexibility index (Phi) is 9.00. The van der Waals surface area contributed by atoms with Gasteiger partial charge in [0.05, 0.1) is 12.7 Å². The lowest BCUT2D eigenvalue weighted by Crippen LogP contribution is -2.33. The maximum atomic E-state index is 9.35. The Morgan fingerprint density at radius 1 is 1.40 bits per heavy atom. The average molecular weight is 218 g/mol. The highest BCUT2D eigenvalue weighted by Crippen LogP contribution is 1.94. The van der Waals surface area contributed by atoms with Gasteiger partial charge in [-0.05, 0) is 40.4 Å². The second-order valence-electron chi connectivity index (χ2n) is 4.24. The van der Waals surface area contributed by atoms with Gasteiger partial charge in [0.2, 0.25) is 0 Å². The molecule has 92 valence electrons. The molecule has 0 aromatic rings. The first-order valence-corrected chi connectivity index (χ1v) is 5.66. The van der Waals surface area contributed by atoms with Crippen molar-refractivity contribution in [2.24, 2.45) is 0 Å². The lowest BCUT2D eigenvalue weighted by molar-refractivity contribution is 0.0645. The van der Waals surface area contributed by atoms with E-state index in [1.165, 1.54) is 0 Å². The van der Waals surface area contributed by atoms with E-state index in [-0.39, 0.29) is 0 Å². The van der Waals surface area contributed by atoms with Crippen LogP contribution in [0.5, 0.6) is 0 Å². The van der Waals surface area contributed by atoms with Gasteiger partial charge in [0.25, 0.3) is 0 Å². The molecule has 1 atom stereocenters. The molecular weight excluding hydrogens is 192 g/mol. The minimum atomic E-state index is -0.391. The second-order valence-corrected chi connectivity index (χ2v) is 4.24. The van der Waals surface area contributed by atoms with Crippen molar-refractivity contribution in [1.82, 2.24) is 10.2 Å². The Bertz CT molecular complexity index is 143. The van der Waals surface area contributed by atoms with Crippen LogP contribution in [-0.2, 0) is 4.74 Å². The predicted octanol–water partition coefficient (Wildman–Crippen LogP) is 0.314. The zero-order valence-electron chi connectivity index (χ0n) is 10.5. The number of aliphatic hydroxyl groups excluding tert-OH is 1. The lowest BCUT2D eigenvalue weighted by atomic mass is 10.3. The van der Waals surface area contributed by atoms with Crippen LogP contribution in [0, 0.1) is 0 Å². The molecule has 0 heterocycles. The molecule has 0 saturated heterocycles. The average Bonchev–Trinajstić information content (AvgIpc) is 2.17.